The van der Waals surface area contributed by atoms with Crippen molar-refractivity contribution < 1.29 is 17.9 Å². The quantitative estimate of drug-likeness (QED) is 0.723. The molecule has 1 aromatic rings. The smallest absolute Gasteiger partial charge is 0.161 e. The van der Waals surface area contributed by atoms with Crippen LogP contribution in [0.5, 0.6) is 11.5 Å². The summed E-state index contributed by atoms with van der Waals surface area (Å²) in [6.45, 7) is 1.72. The van der Waals surface area contributed by atoms with Crippen LogP contribution >= 0.6 is 11.6 Å². The van der Waals surface area contributed by atoms with Gasteiger partial charge in [0.15, 0.2) is 21.3 Å². The van der Waals surface area contributed by atoms with Gasteiger partial charge in [0.25, 0.3) is 0 Å². The van der Waals surface area contributed by atoms with Crippen LogP contribution in [0.4, 0.5) is 0 Å². The van der Waals surface area contributed by atoms with E-state index in [1.807, 2.05) is 6.07 Å². The van der Waals surface area contributed by atoms with Gasteiger partial charge in [-0.25, -0.2) is 8.42 Å². The lowest BCUT2D eigenvalue weighted by Gasteiger charge is -2.11. The predicted octanol–water partition coefficient (Wildman–Crippen LogP) is 2.25. The SMILES string of the molecule is CCS(=O)(=O)CCOc1cc(CCl)ccc1OC. The lowest BCUT2D eigenvalue weighted by molar-refractivity contribution is 0.311. The first kappa shape index (κ1) is 15.1. The van der Waals surface area contributed by atoms with E-state index in [9.17, 15) is 8.42 Å². The summed E-state index contributed by atoms with van der Waals surface area (Å²) >= 11 is 5.73. The molecule has 0 N–H and O–H groups in total. The first-order valence-electron chi connectivity index (χ1n) is 5.58. The van der Waals surface area contributed by atoms with Crippen molar-refractivity contribution in [2.75, 3.05) is 25.2 Å². The van der Waals surface area contributed by atoms with Crippen molar-refractivity contribution in [1.29, 1.82) is 0 Å². The fraction of sp³-hybridized carbons (Fsp3) is 0.500. The molecule has 0 aliphatic rings. The Kier molecular flexibility index (Phi) is 5.75. The molecule has 102 valence electrons. The van der Waals surface area contributed by atoms with E-state index >= 15 is 0 Å². The minimum absolute atomic E-state index is 0.00223. The number of halogens is 1. The van der Waals surface area contributed by atoms with E-state index in [4.69, 9.17) is 21.1 Å². The molecule has 4 nitrogen and oxygen atoms in total. The third kappa shape index (κ3) is 4.38. The average molecular weight is 293 g/mol. The van der Waals surface area contributed by atoms with Gasteiger partial charge in [-0.15, -0.1) is 11.6 Å². The van der Waals surface area contributed by atoms with Gasteiger partial charge in [-0.3, -0.25) is 0 Å². The van der Waals surface area contributed by atoms with Crippen molar-refractivity contribution in [3.8, 4) is 11.5 Å². The van der Waals surface area contributed by atoms with Gasteiger partial charge in [-0.1, -0.05) is 13.0 Å². The fourth-order valence-electron chi connectivity index (χ4n) is 1.34. The van der Waals surface area contributed by atoms with Gasteiger partial charge in [0.05, 0.1) is 12.9 Å². The second kappa shape index (κ2) is 6.85. The first-order valence-corrected chi connectivity index (χ1v) is 7.94. The summed E-state index contributed by atoms with van der Waals surface area (Å²) in [5.41, 5.74) is 0.894. The molecule has 6 heteroatoms. The van der Waals surface area contributed by atoms with E-state index in [2.05, 4.69) is 0 Å². The lowest BCUT2D eigenvalue weighted by Crippen LogP contribution is -2.15. The minimum atomic E-state index is -3.02. The number of hydrogen-bond donors (Lipinski definition) is 0. The highest BCUT2D eigenvalue weighted by atomic mass is 35.5. The van der Waals surface area contributed by atoms with Gasteiger partial charge in [-0.05, 0) is 17.7 Å². The molecule has 0 amide bonds. The zero-order valence-corrected chi connectivity index (χ0v) is 12.1. The van der Waals surface area contributed by atoms with Crippen LogP contribution in [0.15, 0.2) is 18.2 Å². The maximum atomic E-state index is 11.3. The summed E-state index contributed by atoms with van der Waals surface area (Å²) in [5, 5.41) is 0. The van der Waals surface area contributed by atoms with E-state index in [1.165, 1.54) is 7.11 Å². The van der Waals surface area contributed by atoms with E-state index in [1.54, 1.807) is 19.1 Å². The molecule has 0 bridgehead atoms. The summed E-state index contributed by atoms with van der Waals surface area (Å²) in [5.74, 6) is 1.57. The number of sulfone groups is 1. The fourth-order valence-corrected chi connectivity index (χ4v) is 2.13. The number of hydrogen-bond acceptors (Lipinski definition) is 4. The molecule has 0 saturated heterocycles. The first-order chi connectivity index (χ1) is 8.52. The molecule has 18 heavy (non-hydrogen) atoms. The molecule has 0 atom stereocenters. The lowest BCUT2D eigenvalue weighted by atomic mass is 10.2. The molecule has 1 aromatic carbocycles. The molecule has 1 rings (SSSR count). The molecule has 0 heterocycles. The highest BCUT2D eigenvalue weighted by Gasteiger charge is 2.10. The summed E-state index contributed by atoms with van der Waals surface area (Å²) in [7, 11) is -1.48. The third-order valence-corrected chi connectivity index (χ3v) is 4.45. The Balaban J connectivity index is 2.71. The third-order valence-electron chi connectivity index (χ3n) is 2.47. The summed E-state index contributed by atoms with van der Waals surface area (Å²) in [4.78, 5) is 0. The Labute approximate surface area is 113 Å². The predicted molar refractivity (Wildman–Crippen MR) is 72.4 cm³/mol. The van der Waals surface area contributed by atoms with E-state index in [0.29, 0.717) is 17.4 Å². The number of alkyl halides is 1. The number of benzene rings is 1. The normalized spacial score (nSPS) is 11.3. The molecule has 0 aliphatic carbocycles. The van der Waals surface area contributed by atoms with Crippen LogP contribution in [0.3, 0.4) is 0 Å². The molecule has 0 aliphatic heterocycles. The number of rotatable bonds is 7. The Morgan fingerprint density at radius 1 is 1.28 bits per heavy atom. The highest BCUT2D eigenvalue weighted by Crippen LogP contribution is 2.28. The molecule has 0 unspecified atom stereocenters. The van der Waals surface area contributed by atoms with Crippen molar-refractivity contribution >= 4 is 21.4 Å². The molecule has 0 fully saturated rings. The Bertz CT molecular complexity index is 485. The highest BCUT2D eigenvalue weighted by molar-refractivity contribution is 7.91. The minimum Gasteiger partial charge on any atom is -0.493 e. The molecule has 0 spiro atoms. The van der Waals surface area contributed by atoms with Crippen LogP contribution in [0, 0.1) is 0 Å². The maximum Gasteiger partial charge on any atom is 0.161 e. The monoisotopic (exact) mass is 292 g/mol. The molecular weight excluding hydrogens is 276 g/mol. The van der Waals surface area contributed by atoms with Gasteiger partial charge >= 0.3 is 0 Å². The maximum absolute atomic E-state index is 11.3. The van der Waals surface area contributed by atoms with Crippen LogP contribution in [0.1, 0.15) is 12.5 Å². The largest absolute Gasteiger partial charge is 0.493 e. The standard InChI is InChI=1S/C12H17ClO4S/c1-3-18(14,15)7-6-17-12-8-10(9-13)4-5-11(12)16-2/h4-5,8H,3,6-7,9H2,1-2H3. The van der Waals surface area contributed by atoms with E-state index < -0.39 is 9.84 Å². The van der Waals surface area contributed by atoms with Crippen molar-refractivity contribution in [1.82, 2.24) is 0 Å². The Morgan fingerprint density at radius 3 is 2.56 bits per heavy atom. The molecular formula is C12H17ClO4S. The van der Waals surface area contributed by atoms with Crippen LogP contribution in [-0.4, -0.2) is 33.6 Å². The van der Waals surface area contributed by atoms with Gasteiger partial charge in [0.2, 0.25) is 0 Å². The summed E-state index contributed by atoms with van der Waals surface area (Å²) < 4.78 is 33.3. The zero-order chi connectivity index (χ0) is 13.6. The summed E-state index contributed by atoms with van der Waals surface area (Å²) in [6.07, 6.45) is 0. The van der Waals surface area contributed by atoms with Gasteiger partial charge in [-0.2, -0.15) is 0 Å². The van der Waals surface area contributed by atoms with Crippen LogP contribution in [0.25, 0.3) is 0 Å². The second-order valence-electron chi connectivity index (χ2n) is 3.70. The van der Waals surface area contributed by atoms with Gasteiger partial charge in [0, 0.05) is 11.6 Å². The summed E-state index contributed by atoms with van der Waals surface area (Å²) in [6, 6.07) is 5.34. The van der Waals surface area contributed by atoms with Crippen molar-refractivity contribution in [3.63, 3.8) is 0 Å². The van der Waals surface area contributed by atoms with Crippen molar-refractivity contribution in [2.24, 2.45) is 0 Å². The van der Waals surface area contributed by atoms with Gasteiger partial charge in [0.1, 0.15) is 6.61 Å². The Morgan fingerprint density at radius 2 is 2.00 bits per heavy atom. The topological polar surface area (TPSA) is 52.6 Å². The van der Waals surface area contributed by atoms with Crippen LogP contribution < -0.4 is 9.47 Å². The molecule has 0 saturated carbocycles. The molecule has 0 aromatic heterocycles. The molecule has 0 radical (unpaired) electrons. The van der Waals surface area contributed by atoms with E-state index in [0.717, 1.165) is 5.56 Å². The van der Waals surface area contributed by atoms with Crippen molar-refractivity contribution in [3.05, 3.63) is 23.8 Å². The second-order valence-corrected chi connectivity index (χ2v) is 6.44. The number of methoxy groups -OCH3 is 1. The van der Waals surface area contributed by atoms with Crippen molar-refractivity contribution in [2.45, 2.75) is 12.8 Å². The van der Waals surface area contributed by atoms with Crippen LogP contribution in [-0.2, 0) is 15.7 Å². The van der Waals surface area contributed by atoms with Crippen LogP contribution in [0.2, 0.25) is 0 Å². The van der Waals surface area contributed by atoms with Gasteiger partial charge < -0.3 is 9.47 Å². The average Bonchev–Trinajstić information content (AvgIpc) is 2.38. The zero-order valence-electron chi connectivity index (χ0n) is 10.5. The Hall–Kier alpha value is -0.940. The number of ether oxygens (including phenoxy) is 2. The van der Waals surface area contributed by atoms with E-state index in [-0.39, 0.29) is 18.1 Å².